The average molecular weight is 284 g/mol. The number of carbonyl (C=O) groups excluding carboxylic acids is 1. The van der Waals surface area contributed by atoms with Crippen LogP contribution >= 0.6 is 0 Å². The van der Waals surface area contributed by atoms with Crippen LogP contribution in [0.5, 0.6) is 0 Å². The van der Waals surface area contributed by atoms with E-state index in [1.807, 2.05) is 6.07 Å². The number of carbonyl (C=O) groups is 1. The summed E-state index contributed by atoms with van der Waals surface area (Å²) >= 11 is 0. The third kappa shape index (κ3) is 3.50. The maximum absolute atomic E-state index is 12.7. The lowest BCUT2D eigenvalue weighted by molar-refractivity contribution is -0.138. The fraction of sp³-hybridized carbons (Fsp3) is 0.429. The molecule has 0 heterocycles. The van der Waals surface area contributed by atoms with Gasteiger partial charge in [0, 0.05) is 0 Å². The van der Waals surface area contributed by atoms with Gasteiger partial charge in [-0.15, -0.1) is 0 Å². The van der Waals surface area contributed by atoms with Crippen molar-refractivity contribution in [3.8, 4) is 6.07 Å². The van der Waals surface area contributed by atoms with Crippen LogP contribution in [0.2, 0.25) is 0 Å². The molecule has 0 radical (unpaired) electrons. The van der Waals surface area contributed by atoms with Gasteiger partial charge in [-0.25, -0.2) is 0 Å². The number of rotatable bonds is 3. The lowest BCUT2D eigenvalue weighted by Crippen LogP contribution is -2.43. The lowest BCUT2D eigenvalue weighted by Gasteiger charge is -2.25. The van der Waals surface area contributed by atoms with E-state index in [1.165, 1.54) is 32.9 Å². The Kier molecular flexibility index (Phi) is 4.43. The third-order valence-electron chi connectivity index (χ3n) is 3.02. The van der Waals surface area contributed by atoms with Crippen molar-refractivity contribution >= 4 is 5.91 Å². The highest BCUT2D eigenvalue weighted by molar-refractivity contribution is 5.87. The van der Waals surface area contributed by atoms with Gasteiger partial charge in [-0.05, 0) is 32.4 Å². The van der Waals surface area contributed by atoms with E-state index in [2.05, 4.69) is 5.32 Å². The average Bonchev–Trinajstić information content (AvgIpc) is 2.37. The molecule has 0 aliphatic rings. The quantitative estimate of drug-likeness (QED) is 0.927. The Labute approximate surface area is 115 Å². The zero-order valence-corrected chi connectivity index (χ0v) is 11.4. The van der Waals surface area contributed by atoms with Crippen molar-refractivity contribution < 1.29 is 18.0 Å². The number of nitrogens with zero attached hydrogens (tertiary/aromatic N) is 1. The van der Waals surface area contributed by atoms with Gasteiger partial charge >= 0.3 is 6.18 Å². The van der Waals surface area contributed by atoms with Gasteiger partial charge in [-0.3, -0.25) is 4.79 Å². The van der Waals surface area contributed by atoms with Crippen LogP contribution < -0.4 is 5.32 Å². The molecule has 0 aliphatic carbocycles. The maximum atomic E-state index is 12.7. The number of hydrogen-bond donors (Lipinski definition) is 1. The zero-order valence-electron chi connectivity index (χ0n) is 11.4. The van der Waals surface area contributed by atoms with Gasteiger partial charge in [0.25, 0.3) is 0 Å². The number of benzene rings is 1. The Morgan fingerprint density at radius 2 is 1.85 bits per heavy atom. The van der Waals surface area contributed by atoms with Crippen molar-refractivity contribution in [2.45, 2.75) is 38.4 Å². The minimum absolute atomic E-state index is 0.245. The molecule has 1 aromatic rings. The van der Waals surface area contributed by atoms with Crippen LogP contribution in [0.1, 0.15) is 31.9 Å². The number of nitriles is 1. The van der Waals surface area contributed by atoms with Crippen molar-refractivity contribution in [1.29, 1.82) is 5.26 Å². The molecule has 1 N–H and O–H groups in total. The van der Waals surface area contributed by atoms with Crippen molar-refractivity contribution in [2.75, 3.05) is 0 Å². The summed E-state index contributed by atoms with van der Waals surface area (Å²) in [5.74, 6) is -0.495. The second-order valence-corrected chi connectivity index (χ2v) is 5.03. The molecule has 1 amide bonds. The maximum Gasteiger partial charge on any atom is 0.416 e. The Balaban J connectivity index is 3.10. The predicted octanol–water partition coefficient (Wildman–Crippen LogP) is 3.01. The molecule has 20 heavy (non-hydrogen) atoms. The van der Waals surface area contributed by atoms with Crippen LogP contribution in [-0.2, 0) is 16.4 Å². The van der Waals surface area contributed by atoms with E-state index in [-0.39, 0.29) is 5.56 Å². The molecule has 0 aromatic heterocycles. The lowest BCUT2D eigenvalue weighted by atomic mass is 9.82. The summed E-state index contributed by atoms with van der Waals surface area (Å²) in [6.07, 6.45) is -4.46. The van der Waals surface area contributed by atoms with Crippen LogP contribution in [0.15, 0.2) is 24.3 Å². The van der Waals surface area contributed by atoms with Gasteiger partial charge in [0.05, 0.1) is 17.0 Å². The van der Waals surface area contributed by atoms with Crippen LogP contribution in [0.25, 0.3) is 0 Å². The Morgan fingerprint density at radius 1 is 1.30 bits per heavy atom. The van der Waals surface area contributed by atoms with Crippen LogP contribution in [0.3, 0.4) is 0 Å². The second-order valence-electron chi connectivity index (χ2n) is 5.03. The molecule has 0 fully saturated rings. The highest BCUT2D eigenvalue weighted by Crippen LogP contribution is 2.32. The van der Waals surface area contributed by atoms with E-state index in [9.17, 15) is 18.0 Å². The molecule has 0 aliphatic heterocycles. The minimum atomic E-state index is -4.46. The molecule has 3 nitrogen and oxygen atoms in total. The summed E-state index contributed by atoms with van der Waals surface area (Å²) in [4.78, 5) is 12.1. The smallest absolute Gasteiger partial charge is 0.340 e. The predicted molar refractivity (Wildman–Crippen MR) is 67.7 cm³/mol. The van der Waals surface area contributed by atoms with Crippen molar-refractivity contribution in [3.63, 3.8) is 0 Å². The van der Waals surface area contributed by atoms with E-state index in [0.29, 0.717) is 0 Å². The first-order valence-corrected chi connectivity index (χ1v) is 5.97. The van der Waals surface area contributed by atoms with Gasteiger partial charge in [-0.2, -0.15) is 18.4 Å². The zero-order chi connectivity index (χ0) is 15.6. The highest BCUT2D eigenvalue weighted by atomic mass is 19.4. The second kappa shape index (κ2) is 5.53. The fourth-order valence-corrected chi connectivity index (χ4v) is 1.62. The number of nitrogens with one attached hydrogen (secondary N) is 1. The van der Waals surface area contributed by atoms with E-state index in [1.54, 1.807) is 0 Å². The molecule has 108 valence electrons. The summed E-state index contributed by atoms with van der Waals surface area (Å²) in [5.41, 5.74) is -1.72. The van der Waals surface area contributed by atoms with Crippen molar-refractivity contribution in [2.24, 2.45) is 0 Å². The van der Waals surface area contributed by atoms with Gasteiger partial charge in [0.15, 0.2) is 0 Å². The molecule has 1 unspecified atom stereocenters. The first kappa shape index (κ1) is 16.0. The van der Waals surface area contributed by atoms with Gasteiger partial charge < -0.3 is 5.32 Å². The summed E-state index contributed by atoms with van der Waals surface area (Å²) in [7, 11) is 0. The molecule has 0 saturated carbocycles. The van der Waals surface area contributed by atoms with Crippen LogP contribution in [0, 0.1) is 11.3 Å². The molecule has 0 spiro atoms. The van der Waals surface area contributed by atoms with Crippen molar-refractivity contribution in [3.05, 3.63) is 35.4 Å². The van der Waals surface area contributed by atoms with Gasteiger partial charge in [0.1, 0.15) is 6.04 Å². The molecule has 1 atom stereocenters. The Hall–Kier alpha value is -2.03. The summed E-state index contributed by atoms with van der Waals surface area (Å²) in [5, 5.41) is 11.1. The molecule has 1 rings (SSSR count). The number of alkyl halides is 3. The SMILES string of the molecule is CC(C#N)NC(=O)C(C)(C)c1cccc(C(F)(F)F)c1. The van der Waals surface area contributed by atoms with E-state index in [0.717, 1.165) is 12.1 Å². The number of hydrogen-bond acceptors (Lipinski definition) is 2. The third-order valence-corrected chi connectivity index (χ3v) is 3.02. The monoisotopic (exact) mass is 284 g/mol. The molecule has 1 aromatic carbocycles. The molecule has 0 bridgehead atoms. The van der Waals surface area contributed by atoms with Gasteiger partial charge in [0.2, 0.25) is 5.91 Å². The highest BCUT2D eigenvalue weighted by Gasteiger charge is 2.35. The van der Waals surface area contributed by atoms with Crippen LogP contribution in [0.4, 0.5) is 13.2 Å². The van der Waals surface area contributed by atoms with E-state index in [4.69, 9.17) is 5.26 Å². The Bertz CT molecular complexity index is 544. The van der Waals surface area contributed by atoms with Gasteiger partial charge in [-0.1, -0.05) is 18.2 Å². The number of amides is 1. The molecule has 6 heteroatoms. The summed E-state index contributed by atoms with van der Waals surface area (Å²) in [6.45, 7) is 4.53. The number of halogens is 3. The topological polar surface area (TPSA) is 52.9 Å². The summed E-state index contributed by atoms with van der Waals surface area (Å²) in [6, 6.07) is 5.78. The summed E-state index contributed by atoms with van der Waals surface area (Å²) < 4.78 is 38.0. The minimum Gasteiger partial charge on any atom is -0.340 e. The molecule has 0 saturated heterocycles. The van der Waals surface area contributed by atoms with E-state index >= 15 is 0 Å². The van der Waals surface area contributed by atoms with Crippen LogP contribution in [-0.4, -0.2) is 11.9 Å². The largest absolute Gasteiger partial charge is 0.416 e. The Morgan fingerprint density at radius 3 is 2.35 bits per heavy atom. The molecular weight excluding hydrogens is 269 g/mol. The molecular formula is C14H15F3N2O. The van der Waals surface area contributed by atoms with Crippen molar-refractivity contribution in [1.82, 2.24) is 5.32 Å². The first-order chi connectivity index (χ1) is 9.09. The first-order valence-electron chi connectivity index (χ1n) is 5.97. The van der Waals surface area contributed by atoms with E-state index < -0.39 is 29.1 Å². The fourth-order valence-electron chi connectivity index (χ4n) is 1.62. The normalized spacial score (nSPS) is 13.4. The standard InChI is InChI=1S/C14H15F3N2O/c1-9(8-18)19-12(20)13(2,3)10-5-4-6-11(7-10)14(15,16)17/h4-7,9H,1-3H3,(H,19,20).